The molecule has 0 saturated carbocycles. The van der Waals surface area contributed by atoms with Crippen molar-refractivity contribution in [1.29, 1.82) is 0 Å². The van der Waals surface area contributed by atoms with Crippen molar-refractivity contribution in [3.63, 3.8) is 0 Å². The largest absolute Gasteiger partial charge is 0.394 e. The number of aromatic nitrogens is 1. The van der Waals surface area contributed by atoms with E-state index in [-0.39, 0.29) is 39.7 Å². The van der Waals surface area contributed by atoms with Crippen LogP contribution in [0, 0.1) is 6.20 Å². The summed E-state index contributed by atoms with van der Waals surface area (Å²) < 4.78 is 0. The van der Waals surface area contributed by atoms with Crippen LogP contribution in [0.25, 0.3) is 0 Å². The molecular formula is C5H5CdClN-. The average molecular weight is 227 g/mol. The van der Waals surface area contributed by atoms with Gasteiger partial charge in [-0.3, -0.25) is 0 Å². The van der Waals surface area contributed by atoms with Gasteiger partial charge in [0.25, 0.3) is 0 Å². The zero-order valence-electron chi connectivity index (χ0n) is 4.37. The number of pyridine rings is 1. The second-order valence-electron chi connectivity index (χ2n) is 0.959. The van der Waals surface area contributed by atoms with E-state index >= 15 is 0 Å². The minimum Gasteiger partial charge on any atom is -0.394 e. The summed E-state index contributed by atoms with van der Waals surface area (Å²) in [4.78, 5) is 3.66. The first-order chi connectivity index (χ1) is 3.00. The molecule has 1 nitrogen and oxygen atoms in total. The molecule has 40 valence electrons. The molecule has 1 aromatic heterocycles. The Morgan fingerprint density at radius 2 is 2.00 bits per heavy atom. The number of halogens is 1. The first-order valence-corrected chi connectivity index (χ1v) is 1.77. The van der Waals surface area contributed by atoms with E-state index in [2.05, 4.69) is 11.2 Å². The molecule has 8 heavy (non-hydrogen) atoms. The van der Waals surface area contributed by atoms with Crippen molar-refractivity contribution in [1.82, 2.24) is 4.98 Å². The molecule has 1 heterocycles. The van der Waals surface area contributed by atoms with E-state index in [1.807, 2.05) is 12.1 Å². The topological polar surface area (TPSA) is 12.9 Å². The van der Waals surface area contributed by atoms with Gasteiger partial charge in [0.05, 0.1) is 0 Å². The van der Waals surface area contributed by atoms with Crippen LogP contribution in [0.2, 0.25) is 0 Å². The maximum absolute atomic E-state index is 3.66. The Bertz CT molecular complexity index is 84.4. The second-order valence-corrected chi connectivity index (χ2v) is 0.959. The van der Waals surface area contributed by atoms with Crippen molar-refractivity contribution in [3.8, 4) is 0 Å². The summed E-state index contributed by atoms with van der Waals surface area (Å²) in [6.07, 6.45) is 4.34. The van der Waals surface area contributed by atoms with Gasteiger partial charge in [0, 0.05) is 27.3 Å². The molecule has 0 amide bonds. The van der Waals surface area contributed by atoms with E-state index in [0.29, 0.717) is 0 Å². The maximum Gasteiger partial charge on any atom is 0 e. The van der Waals surface area contributed by atoms with Gasteiger partial charge in [-0.2, -0.15) is 18.2 Å². The minimum absolute atomic E-state index is 0. The van der Waals surface area contributed by atoms with E-state index in [1.54, 1.807) is 12.3 Å². The van der Waals surface area contributed by atoms with Crippen LogP contribution in [0.15, 0.2) is 24.4 Å². The third-order valence-electron chi connectivity index (χ3n) is 0.517. The molecule has 0 saturated heterocycles. The molecule has 0 bridgehead atoms. The summed E-state index contributed by atoms with van der Waals surface area (Å²) in [6.45, 7) is 0. The molecule has 0 aromatic carbocycles. The first-order valence-electron chi connectivity index (χ1n) is 1.77. The molecule has 0 atom stereocenters. The third-order valence-corrected chi connectivity index (χ3v) is 0.517. The Morgan fingerprint density at radius 1 is 1.25 bits per heavy atom. The van der Waals surface area contributed by atoms with Gasteiger partial charge in [-0.25, -0.2) is 0 Å². The third kappa shape index (κ3) is 4.52. The van der Waals surface area contributed by atoms with E-state index in [9.17, 15) is 0 Å². The number of hydrogen-bond acceptors (Lipinski definition) is 1. The number of nitrogens with zero attached hydrogens (tertiary/aromatic N) is 1. The standard InChI is InChI=1S/C5H4N.Cd.ClH/c1-2-4-6-5-3-1;;/h1-4H;;1H/q-1;;. The zero-order valence-corrected chi connectivity index (χ0v) is 9.22. The molecule has 0 spiro atoms. The van der Waals surface area contributed by atoms with Gasteiger partial charge in [0.2, 0.25) is 0 Å². The predicted molar refractivity (Wildman–Crippen MR) is 30.3 cm³/mol. The van der Waals surface area contributed by atoms with Gasteiger partial charge >= 0.3 is 0 Å². The van der Waals surface area contributed by atoms with Crippen LogP contribution in [-0.2, 0) is 27.3 Å². The van der Waals surface area contributed by atoms with Crippen molar-refractivity contribution in [2.45, 2.75) is 0 Å². The quantitative estimate of drug-likeness (QED) is 0.480. The Hall–Kier alpha value is 0.362. The van der Waals surface area contributed by atoms with Crippen molar-refractivity contribution < 1.29 is 27.3 Å². The Morgan fingerprint density at radius 3 is 2.12 bits per heavy atom. The summed E-state index contributed by atoms with van der Waals surface area (Å²) in [6, 6.07) is 5.50. The molecule has 0 unspecified atom stereocenters. The summed E-state index contributed by atoms with van der Waals surface area (Å²) in [5.41, 5.74) is 0. The smallest absolute Gasteiger partial charge is 0 e. The molecule has 0 radical (unpaired) electrons. The molecule has 3 heteroatoms. The van der Waals surface area contributed by atoms with Crippen LogP contribution in [0.3, 0.4) is 0 Å². The summed E-state index contributed by atoms with van der Waals surface area (Å²) in [7, 11) is 0. The van der Waals surface area contributed by atoms with Crippen molar-refractivity contribution in [3.05, 3.63) is 30.6 Å². The van der Waals surface area contributed by atoms with Gasteiger partial charge in [0.15, 0.2) is 0 Å². The molecule has 1 aromatic rings. The molecule has 0 aliphatic carbocycles. The van der Waals surface area contributed by atoms with E-state index in [1.165, 1.54) is 0 Å². The van der Waals surface area contributed by atoms with Gasteiger partial charge in [0.1, 0.15) is 0 Å². The van der Waals surface area contributed by atoms with E-state index in [0.717, 1.165) is 0 Å². The van der Waals surface area contributed by atoms with Crippen molar-refractivity contribution >= 4 is 12.4 Å². The summed E-state index contributed by atoms with van der Waals surface area (Å²) >= 11 is 0. The molecule has 0 aliphatic heterocycles. The first kappa shape index (κ1) is 11.2. The summed E-state index contributed by atoms with van der Waals surface area (Å²) in [5, 5.41) is 0. The van der Waals surface area contributed by atoms with Crippen LogP contribution in [0.5, 0.6) is 0 Å². The number of rotatable bonds is 0. The average Bonchev–Trinajstić information content (AvgIpc) is 1.72. The molecule has 0 N–H and O–H groups in total. The Kier molecular flexibility index (Phi) is 10.3. The van der Waals surface area contributed by atoms with Crippen molar-refractivity contribution in [2.75, 3.05) is 0 Å². The maximum atomic E-state index is 3.66. The second kappa shape index (κ2) is 7.36. The van der Waals surface area contributed by atoms with Gasteiger partial charge in [-0.15, -0.1) is 12.4 Å². The fraction of sp³-hybridized carbons (Fsp3) is 0. The van der Waals surface area contributed by atoms with Gasteiger partial charge < -0.3 is 4.98 Å². The fourth-order valence-corrected chi connectivity index (χ4v) is 0.277. The molecular weight excluding hydrogens is 222 g/mol. The van der Waals surface area contributed by atoms with Crippen molar-refractivity contribution in [2.24, 2.45) is 0 Å². The Labute approximate surface area is 75.1 Å². The number of hydrogen-bond donors (Lipinski definition) is 0. The van der Waals surface area contributed by atoms with E-state index in [4.69, 9.17) is 0 Å². The minimum atomic E-state index is 0. The van der Waals surface area contributed by atoms with Gasteiger partial charge in [-0.05, 0) is 0 Å². The van der Waals surface area contributed by atoms with E-state index < -0.39 is 0 Å². The SMILES string of the molecule is Cl.[Cd].[c-]1ccccn1. The van der Waals surface area contributed by atoms with Crippen LogP contribution in [0.4, 0.5) is 0 Å². The van der Waals surface area contributed by atoms with Crippen LogP contribution >= 0.6 is 12.4 Å². The molecule has 0 aliphatic rings. The fourth-order valence-electron chi connectivity index (χ4n) is 0.277. The van der Waals surface area contributed by atoms with Crippen LogP contribution < -0.4 is 0 Å². The molecule has 1 rings (SSSR count). The monoisotopic (exact) mass is 228 g/mol. The van der Waals surface area contributed by atoms with Gasteiger partial charge in [-0.1, -0.05) is 12.4 Å². The van der Waals surface area contributed by atoms with Crippen LogP contribution in [-0.4, -0.2) is 4.98 Å². The Balaban J connectivity index is 0. The molecule has 0 fully saturated rings. The summed E-state index contributed by atoms with van der Waals surface area (Å²) in [5.74, 6) is 0. The predicted octanol–water partition coefficient (Wildman–Crippen LogP) is 1.30. The normalized spacial score (nSPS) is 6.00. The van der Waals surface area contributed by atoms with Crippen LogP contribution in [0.1, 0.15) is 0 Å². The zero-order chi connectivity index (χ0) is 4.24.